The molecule has 0 aliphatic carbocycles. The van der Waals surface area contributed by atoms with Gasteiger partial charge in [0.15, 0.2) is 6.10 Å². The molecule has 0 amide bonds. The largest absolute Gasteiger partial charge is 0.462 e. The standard InChI is InChI=1S/C59H98O6/c1-4-7-10-13-16-19-22-25-28-29-32-35-38-41-44-47-50-53-59(62)65-56(54-63-57(60)51-48-45-42-39-36-33-30-26-23-20-17-14-11-8-5-2)55-64-58(61)52-49-46-43-40-37-34-31-27-24-21-18-15-12-9-6-3/h7,10,16-17,19-20,25-28,30-32,35,41,44,56H,4-6,8-9,11-15,18,21-24,29,33-34,36-40,42-43,45-55H2,1-3H3/b10-7-,19-16-,20-17-,28-25-,30-26-,31-27-,35-32-,44-41-/t56-/m1/s1. The van der Waals surface area contributed by atoms with E-state index in [1.807, 2.05) is 0 Å². The average molecular weight is 903 g/mol. The van der Waals surface area contributed by atoms with Gasteiger partial charge in [-0.2, -0.15) is 0 Å². The molecule has 0 bridgehead atoms. The van der Waals surface area contributed by atoms with Crippen LogP contribution in [0.25, 0.3) is 0 Å². The van der Waals surface area contributed by atoms with Crippen LogP contribution < -0.4 is 0 Å². The lowest BCUT2D eigenvalue weighted by Crippen LogP contribution is -2.30. The summed E-state index contributed by atoms with van der Waals surface area (Å²) in [5, 5.41) is 0. The Labute approximate surface area is 400 Å². The molecular weight excluding hydrogens is 805 g/mol. The van der Waals surface area contributed by atoms with Gasteiger partial charge in [0.1, 0.15) is 13.2 Å². The van der Waals surface area contributed by atoms with Gasteiger partial charge in [-0.3, -0.25) is 14.4 Å². The summed E-state index contributed by atoms with van der Waals surface area (Å²) in [5.41, 5.74) is 0. The van der Waals surface area contributed by atoms with Crippen LogP contribution in [-0.4, -0.2) is 37.2 Å². The highest BCUT2D eigenvalue weighted by Gasteiger charge is 2.19. The van der Waals surface area contributed by atoms with Gasteiger partial charge in [0.25, 0.3) is 0 Å². The maximum Gasteiger partial charge on any atom is 0.306 e. The van der Waals surface area contributed by atoms with Gasteiger partial charge in [-0.05, 0) is 116 Å². The van der Waals surface area contributed by atoms with Crippen LogP contribution >= 0.6 is 0 Å². The van der Waals surface area contributed by atoms with E-state index in [2.05, 4.69) is 118 Å². The van der Waals surface area contributed by atoms with Gasteiger partial charge in [-0.15, -0.1) is 0 Å². The van der Waals surface area contributed by atoms with Crippen molar-refractivity contribution in [2.45, 2.75) is 245 Å². The van der Waals surface area contributed by atoms with Gasteiger partial charge >= 0.3 is 17.9 Å². The first-order valence-corrected chi connectivity index (χ1v) is 26.7. The third-order valence-electron chi connectivity index (χ3n) is 11.0. The number of carbonyl (C=O) groups excluding carboxylic acids is 3. The lowest BCUT2D eigenvalue weighted by molar-refractivity contribution is -0.167. The molecular formula is C59H98O6. The molecule has 0 radical (unpaired) electrons. The molecule has 1 atom stereocenters. The first kappa shape index (κ1) is 61.3. The molecule has 0 N–H and O–H groups in total. The molecule has 0 unspecified atom stereocenters. The van der Waals surface area contributed by atoms with Crippen molar-refractivity contribution in [3.63, 3.8) is 0 Å². The van der Waals surface area contributed by atoms with Crippen molar-refractivity contribution in [2.75, 3.05) is 13.2 Å². The number of rotatable bonds is 47. The molecule has 0 rings (SSSR count). The molecule has 0 aromatic rings. The Morgan fingerprint density at radius 3 is 1.03 bits per heavy atom. The monoisotopic (exact) mass is 903 g/mol. The quantitative estimate of drug-likeness (QED) is 0.0262. The molecule has 0 aromatic carbocycles. The maximum absolute atomic E-state index is 12.8. The summed E-state index contributed by atoms with van der Waals surface area (Å²) in [4.78, 5) is 38.0. The van der Waals surface area contributed by atoms with Gasteiger partial charge in [-0.1, -0.05) is 201 Å². The minimum Gasteiger partial charge on any atom is -0.462 e. The maximum atomic E-state index is 12.8. The molecule has 0 aliphatic heterocycles. The number of esters is 3. The average Bonchev–Trinajstić information content (AvgIpc) is 3.30. The molecule has 0 saturated carbocycles. The molecule has 65 heavy (non-hydrogen) atoms. The van der Waals surface area contributed by atoms with Crippen molar-refractivity contribution >= 4 is 17.9 Å². The van der Waals surface area contributed by atoms with Crippen molar-refractivity contribution in [3.8, 4) is 0 Å². The van der Waals surface area contributed by atoms with Crippen LogP contribution in [0.1, 0.15) is 239 Å². The molecule has 0 heterocycles. The highest BCUT2D eigenvalue weighted by Crippen LogP contribution is 2.13. The number of hydrogen-bond acceptors (Lipinski definition) is 6. The molecule has 6 heteroatoms. The van der Waals surface area contributed by atoms with Crippen molar-refractivity contribution in [1.29, 1.82) is 0 Å². The summed E-state index contributed by atoms with van der Waals surface area (Å²) in [5.74, 6) is -0.992. The predicted octanol–water partition coefficient (Wildman–Crippen LogP) is 17.8. The Morgan fingerprint density at radius 1 is 0.323 bits per heavy atom. The zero-order chi connectivity index (χ0) is 47.2. The molecule has 0 saturated heterocycles. The normalized spacial score (nSPS) is 12.8. The summed E-state index contributed by atoms with van der Waals surface area (Å²) >= 11 is 0. The van der Waals surface area contributed by atoms with Crippen LogP contribution in [0.3, 0.4) is 0 Å². The van der Waals surface area contributed by atoms with Gasteiger partial charge < -0.3 is 14.2 Å². The van der Waals surface area contributed by atoms with E-state index in [9.17, 15) is 14.4 Å². The molecule has 0 spiro atoms. The van der Waals surface area contributed by atoms with E-state index in [-0.39, 0.29) is 37.5 Å². The van der Waals surface area contributed by atoms with E-state index < -0.39 is 6.10 Å². The fourth-order valence-electron chi connectivity index (χ4n) is 7.03. The van der Waals surface area contributed by atoms with Crippen molar-refractivity contribution in [3.05, 3.63) is 97.2 Å². The second kappa shape index (κ2) is 52.9. The van der Waals surface area contributed by atoms with Crippen molar-refractivity contribution in [1.82, 2.24) is 0 Å². The van der Waals surface area contributed by atoms with E-state index in [1.54, 1.807) is 0 Å². The molecule has 0 aromatic heterocycles. The summed E-state index contributed by atoms with van der Waals surface area (Å²) in [6.45, 7) is 6.42. The Morgan fingerprint density at radius 2 is 0.615 bits per heavy atom. The Kier molecular flexibility index (Phi) is 50.0. The SMILES string of the molecule is CC/C=C\C/C=C\C/C=C\C/C=C\C/C=C\CCCC(=O)O[C@H](COC(=O)CCCCCCC/C=C\C/C=C\CCCCC)COC(=O)CCCCCCC/C=C\CCCCCCCC. The third kappa shape index (κ3) is 51.2. The molecule has 6 nitrogen and oxygen atoms in total. The van der Waals surface area contributed by atoms with E-state index in [0.717, 1.165) is 116 Å². The highest BCUT2D eigenvalue weighted by molar-refractivity contribution is 5.71. The van der Waals surface area contributed by atoms with Crippen molar-refractivity contribution in [2.24, 2.45) is 0 Å². The zero-order valence-corrected chi connectivity index (χ0v) is 42.2. The Balaban J connectivity index is 4.53. The smallest absolute Gasteiger partial charge is 0.306 e. The second-order valence-corrected chi connectivity index (χ2v) is 17.4. The zero-order valence-electron chi connectivity index (χ0n) is 42.2. The number of unbranched alkanes of at least 4 members (excludes halogenated alkanes) is 20. The summed E-state index contributed by atoms with van der Waals surface area (Å²) in [6, 6.07) is 0. The molecule has 0 aliphatic rings. The number of hydrogen-bond donors (Lipinski definition) is 0. The van der Waals surface area contributed by atoms with E-state index >= 15 is 0 Å². The number of carbonyl (C=O) groups is 3. The van der Waals surface area contributed by atoms with Crippen LogP contribution in [0.2, 0.25) is 0 Å². The molecule has 370 valence electrons. The van der Waals surface area contributed by atoms with Crippen LogP contribution in [0, 0.1) is 0 Å². The lowest BCUT2D eigenvalue weighted by Gasteiger charge is -2.18. The summed E-state index contributed by atoms with van der Waals surface area (Å²) in [7, 11) is 0. The van der Waals surface area contributed by atoms with Crippen molar-refractivity contribution < 1.29 is 28.6 Å². The Bertz CT molecular complexity index is 1310. The van der Waals surface area contributed by atoms with E-state index in [1.165, 1.54) is 77.0 Å². The highest BCUT2D eigenvalue weighted by atomic mass is 16.6. The van der Waals surface area contributed by atoms with E-state index in [0.29, 0.717) is 19.3 Å². The molecule has 0 fully saturated rings. The topological polar surface area (TPSA) is 78.9 Å². The van der Waals surface area contributed by atoms with Crippen LogP contribution in [-0.2, 0) is 28.6 Å². The summed E-state index contributed by atoms with van der Waals surface area (Å²) < 4.78 is 16.8. The van der Waals surface area contributed by atoms with E-state index in [4.69, 9.17) is 14.2 Å². The van der Waals surface area contributed by atoms with Gasteiger partial charge in [-0.25, -0.2) is 0 Å². The van der Waals surface area contributed by atoms with Crippen LogP contribution in [0.15, 0.2) is 97.2 Å². The minimum atomic E-state index is -0.817. The second-order valence-electron chi connectivity index (χ2n) is 17.4. The summed E-state index contributed by atoms with van der Waals surface area (Å²) in [6.07, 6.45) is 69.6. The first-order valence-electron chi connectivity index (χ1n) is 26.7. The van der Waals surface area contributed by atoms with Gasteiger partial charge in [0, 0.05) is 19.3 Å². The number of ether oxygens (including phenoxy) is 3. The fraction of sp³-hybridized carbons (Fsp3) is 0.678. The number of allylic oxidation sites excluding steroid dienone is 16. The van der Waals surface area contributed by atoms with Crippen LogP contribution in [0.5, 0.6) is 0 Å². The minimum absolute atomic E-state index is 0.110. The Hall–Kier alpha value is -3.67. The van der Waals surface area contributed by atoms with Gasteiger partial charge in [0.2, 0.25) is 0 Å². The fourth-order valence-corrected chi connectivity index (χ4v) is 7.03. The predicted molar refractivity (Wildman–Crippen MR) is 279 cm³/mol. The first-order chi connectivity index (χ1) is 32.0. The van der Waals surface area contributed by atoms with Crippen LogP contribution in [0.4, 0.5) is 0 Å². The third-order valence-corrected chi connectivity index (χ3v) is 11.0. The van der Waals surface area contributed by atoms with Gasteiger partial charge in [0.05, 0.1) is 0 Å². The lowest BCUT2D eigenvalue weighted by atomic mass is 10.1.